The van der Waals surface area contributed by atoms with Crippen molar-refractivity contribution in [3.8, 4) is 5.75 Å². The Bertz CT molecular complexity index is 875. The lowest BCUT2D eigenvalue weighted by molar-refractivity contribution is -0.121. The lowest BCUT2D eigenvalue weighted by atomic mass is 10.1. The van der Waals surface area contributed by atoms with Gasteiger partial charge in [0.05, 0.1) is 18.1 Å². The van der Waals surface area contributed by atoms with Gasteiger partial charge in [0, 0.05) is 9.50 Å². The molecular weight excluding hydrogens is 466 g/mol. The van der Waals surface area contributed by atoms with Gasteiger partial charge in [0.2, 0.25) is 5.91 Å². The number of carbonyl (C=O) groups excluding carboxylic acids is 2. The molecule has 2 aromatic rings. The summed E-state index contributed by atoms with van der Waals surface area (Å²) in [5.74, 6) is -0.336. The molecule has 0 bridgehead atoms. The molecule has 0 aliphatic carbocycles. The van der Waals surface area contributed by atoms with Crippen molar-refractivity contribution >= 4 is 56.7 Å². The summed E-state index contributed by atoms with van der Waals surface area (Å²) in [5.41, 5.74) is 6.07. The number of rotatable bonds is 5. The van der Waals surface area contributed by atoms with Gasteiger partial charge in [-0.1, -0.05) is 39.7 Å². The highest BCUT2D eigenvalue weighted by molar-refractivity contribution is 9.10. The molecule has 0 spiro atoms. The zero-order valence-electron chi connectivity index (χ0n) is 15.2. The van der Waals surface area contributed by atoms with Crippen molar-refractivity contribution in [3.05, 3.63) is 63.1 Å². The fourth-order valence-corrected chi connectivity index (χ4v) is 2.83. The number of benzene rings is 2. The summed E-state index contributed by atoms with van der Waals surface area (Å²) in [6.45, 7) is 3.73. The maximum atomic E-state index is 12.5. The molecule has 0 atom stereocenters. The van der Waals surface area contributed by atoms with E-state index in [1.165, 1.54) is 0 Å². The minimum atomic E-state index is -0.457. The van der Waals surface area contributed by atoms with E-state index in [0.717, 1.165) is 10.0 Å². The quantitative estimate of drug-likeness (QED) is 0.445. The molecule has 0 saturated carbocycles. The minimum absolute atomic E-state index is 0.0371. The fraction of sp³-hybridized carbons (Fsp3) is 0.211. The van der Waals surface area contributed by atoms with Crippen LogP contribution in [0.4, 0.5) is 0 Å². The van der Waals surface area contributed by atoms with Gasteiger partial charge in [-0.2, -0.15) is 0 Å². The number of halogens is 2. The number of thiocarbonyl (C=S) groups is 1. The second-order valence-electron chi connectivity index (χ2n) is 6.07. The number of hydrogen-bond donors (Lipinski definition) is 3. The maximum absolute atomic E-state index is 12.5. The first-order chi connectivity index (χ1) is 13.2. The average molecular weight is 485 g/mol. The van der Waals surface area contributed by atoms with Gasteiger partial charge in [-0.15, -0.1) is 0 Å². The van der Waals surface area contributed by atoms with Gasteiger partial charge < -0.3 is 4.74 Å². The van der Waals surface area contributed by atoms with Crippen LogP contribution in [0.2, 0.25) is 5.02 Å². The molecule has 2 amide bonds. The summed E-state index contributed by atoms with van der Waals surface area (Å²) in [7, 11) is 0. The average Bonchev–Trinajstić information content (AvgIpc) is 2.63. The SMILES string of the molecule is CC(C)Oc1ccc(Br)cc1C(=O)NC(=S)NNC(=O)Cc1ccc(Cl)cc1. The molecule has 3 N–H and O–H groups in total. The van der Waals surface area contributed by atoms with E-state index < -0.39 is 5.91 Å². The van der Waals surface area contributed by atoms with Crippen molar-refractivity contribution in [2.75, 3.05) is 0 Å². The highest BCUT2D eigenvalue weighted by Crippen LogP contribution is 2.24. The summed E-state index contributed by atoms with van der Waals surface area (Å²) in [6.07, 6.45) is 0.0450. The van der Waals surface area contributed by atoms with Gasteiger partial charge in [0.25, 0.3) is 5.91 Å². The van der Waals surface area contributed by atoms with E-state index in [0.29, 0.717) is 16.3 Å². The van der Waals surface area contributed by atoms with E-state index >= 15 is 0 Å². The first-order valence-corrected chi connectivity index (χ1v) is 9.93. The summed E-state index contributed by atoms with van der Waals surface area (Å²) in [4.78, 5) is 24.5. The van der Waals surface area contributed by atoms with Gasteiger partial charge in [-0.25, -0.2) is 0 Å². The van der Waals surface area contributed by atoms with Crippen LogP contribution in [0, 0.1) is 0 Å². The van der Waals surface area contributed by atoms with E-state index in [1.54, 1.807) is 42.5 Å². The second kappa shape index (κ2) is 10.4. The van der Waals surface area contributed by atoms with Gasteiger partial charge in [-0.3, -0.25) is 25.8 Å². The first-order valence-electron chi connectivity index (χ1n) is 8.35. The van der Waals surface area contributed by atoms with Crippen molar-refractivity contribution in [2.45, 2.75) is 26.4 Å². The summed E-state index contributed by atoms with van der Waals surface area (Å²) in [5, 5.41) is 3.07. The van der Waals surface area contributed by atoms with Crippen LogP contribution >= 0.6 is 39.7 Å². The molecule has 0 aromatic heterocycles. The molecule has 0 aliphatic heterocycles. The van der Waals surface area contributed by atoms with Crippen molar-refractivity contribution < 1.29 is 14.3 Å². The smallest absolute Gasteiger partial charge is 0.261 e. The number of hydrazine groups is 1. The standard InChI is InChI=1S/C19H19BrClN3O3S/c1-11(2)27-16-8-5-13(20)10-15(16)18(26)22-19(28)24-23-17(25)9-12-3-6-14(21)7-4-12/h3-8,10-11H,9H2,1-2H3,(H,23,25)(H2,22,24,26,28). The third-order valence-electron chi connectivity index (χ3n) is 3.37. The summed E-state index contributed by atoms with van der Waals surface area (Å²) in [6, 6.07) is 12.0. The van der Waals surface area contributed by atoms with Crippen molar-refractivity contribution in [1.29, 1.82) is 0 Å². The third-order valence-corrected chi connectivity index (χ3v) is 4.32. The van der Waals surface area contributed by atoms with E-state index in [2.05, 4.69) is 32.1 Å². The van der Waals surface area contributed by atoms with Gasteiger partial charge in [0.1, 0.15) is 5.75 Å². The van der Waals surface area contributed by atoms with E-state index in [4.69, 9.17) is 28.6 Å². The van der Waals surface area contributed by atoms with Crippen molar-refractivity contribution in [3.63, 3.8) is 0 Å². The Hall–Kier alpha value is -2.16. The zero-order valence-corrected chi connectivity index (χ0v) is 18.4. The Kier molecular flexibility index (Phi) is 8.22. The molecule has 0 radical (unpaired) electrons. The number of ether oxygens (including phenoxy) is 1. The molecule has 0 aliphatic rings. The Morgan fingerprint density at radius 2 is 1.82 bits per heavy atom. The predicted molar refractivity (Wildman–Crippen MR) is 116 cm³/mol. The Balaban J connectivity index is 1.90. The van der Waals surface area contributed by atoms with Crippen LogP contribution in [0.5, 0.6) is 5.75 Å². The Morgan fingerprint density at radius 3 is 2.46 bits per heavy atom. The fourth-order valence-electron chi connectivity index (χ4n) is 2.20. The normalized spacial score (nSPS) is 10.3. The lowest BCUT2D eigenvalue weighted by Crippen LogP contribution is -2.48. The molecule has 0 saturated heterocycles. The monoisotopic (exact) mass is 483 g/mol. The number of carbonyl (C=O) groups is 2. The highest BCUT2D eigenvalue weighted by atomic mass is 79.9. The molecule has 9 heteroatoms. The number of nitrogens with one attached hydrogen (secondary N) is 3. The van der Waals surface area contributed by atoms with Gasteiger partial charge in [0.15, 0.2) is 5.11 Å². The van der Waals surface area contributed by atoms with Crippen LogP contribution in [0.1, 0.15) is 29.8 Å². The van der Waals surface area contributed by atoms with Crippen LogP contribution < -0.4 is 20.9 Å². The minimum Gasteiger partial charge on any atom is -0.490 e. The van der Waals surface area contributed by atoms with Crippen molar-refractivity contribution in [1.82, 2.24) is 16.2 Å². The topological polar surface area (TPSA) is 79.5 Å². The van der Waals surface area contributed by atoms with Crippen LogP contribution in [-0.4, -0.2) is 23.0 Å². The van der Waals surface area contributed by atoms with Crippen LogP contribution in [0.3, 0.4) is 0 Å². The van der Waals surface area contributed by atoms with Gasteiger partial charge in [-0.05, 0) is 62.0 Å². The van der Waals surface area contributed by atoms with E-state index in [1.807, 2.05) is 13.8 Å². The first kappa shape index (κ1) is 22.1. The molecule has 6 nitrogen and oxygen atoms in total. The molecule has 148 valence electrons. The Morgan fingerprint density at radius 1 is 1.14 bits per heavy atom. The van der Waals surface area contributed by atoms with E-state index in [9.17, 15) is 9.59 Å². The maximum Gasteiger partial charge on any atom is 0.261 e. The molecular formula is C19H19BrClN3O3S. The number of hydrogen-bond acceptors (Lipinski definition) is 4. The summed E-state index contributed by atoms with van der Waals surface area (Å²) < 4.78 is 6.38. The third kappa shape index (κ3) is 7.10. The number of amides is 2. The van der Waals surface area contributed by atoms with E-state index in [-0.39, 0.29) is 23.5 Å². The lowest BCUT2D eigenvalue weighted by Gasteiger charge is -2.15. The largest absolute Gasteiger partial charge is 0.490 e. The molecule has 2 aromatic carbocycles. The molecule has 0 heterocycles. The molecule has 2 rings (SSSR count). The zero-order chi connectivity index (χ0) is 20.7. The predicted octanol–water partition coefficient (Wildman–Crippen LogP) is 3.77. The van der Waals surface area contributed by atoms with Crippen LogP contribution in [0.25, 0.3) is 0 Å². The Labute approximate surface area is 182 Å². The van der Waals surface area contributed by atoms with Gasteiger partial charge >= 0.3 is 0 Å². The van der Waals surface area contributed by atoms with Crippen molar-refractivity contribution in [2.24, 2.45) is 0 Å². The highest BCUT2D eigenvalue weighted by Gasteiger charge is 2.16. The molecule has 0 fully saturated rings. The molecule has 28 heavy (non-hydrogen) atoms. The molecule has 0 unspecified atom stereocenters. The second-order valence-corrected chi connectivity index (χ2v) is 7.83. The van der Waals surface area contributed by atoms with Crippen LogP contribution in [0.15, 0.2) is 46.9 Å². The summed E-state index contributed by atoms with van der Waals surface area (Å²) >= 11 is 14.2. The van der Waals surface area contributed by atoms with Crippen LogP contribution in [-0.2, 0) is 11.2 Å².